The van der Waals surface area contributed by atoms with E-state index in [9.17, 15) is 0 Å². The second-order valence-electron chi connectivity index (χ2n) is 3.52. The largest absolute Gasteiger partial charge is 0.362 e. The first-order valence-corrected chi connectivity index (χ1v) is 6.88. The van der Waals surface area contributed by atoms with Crippen LogP contribution in [0.5, 0.6) is 0 Å². The Morgan fingerprint density at radius 3 is 2.94 bits per heavy atom. The molecule has 2 rings (SSSR count). The van der Waals surface area contributed by atoms with Gasteiger partial charge in [0.05, 0.1) is 10.5 Å². The van der Waals surface area contributed by atoms with E-state index < -0.39 is 0 Å². The van der Waals surface area contributed by atoms with Gasteiger partial charge in [-0.05, 0) is 34.3 Å². The number of nitrogens with one attached hydrogen (secondary N) is 2. The van der Waals surface area contributed by atoms with Crippen molar-refractivity contribution >= 4 is 39.0 Å². The zero-order valence-electron chi connectivity index (χ0n) is 9.57. The van der Waals surface area contributed by atoms with Crippen molar-refractivity contribution < 1.29 is 0 Å². The Kier molecular flexibility index (Phi) is 3.96. The molecule has 0 spiro atoms. The molecule has 0 aromatic carbocycles. The molecule has 1 unspecified atom stereocenters. The number of halogens is 1. The van der Waals surface area contributed by atoms with Crippen molar-refractivity contribution in [3.05, 3.63) is 33.1 Å². The second kappa shape index (κ2) is 5.46. The Morgan fingerprint density at radius 1 is 1.47 bits per heavy atom. The third kappa shape index (κ3) is 2.95. The van der Waals surface area contributed by atoms with Crippen molar-refractivity contribution in [2.45, 2.75) is 13.0 Å². The molecule has 0 aliphatic carbocycles. The van der Waals surface area contributed by atoms with Crippen LogP contribution in [0.25, 0.3) is 0 Å². The lowest BCUT2D eigenvalue weighted by Gasteiger charge is -2.14. The summed E-state index contributed by atoms with van der Waals surface area (Å²) in [5.74, 6) is 1.40. The molecule has 1 atom stereocenters. The molecule has 90 valence electrons. The second-order valence-corrected chi connectivity index (χ2v) is 5.36. The van der Waals surface area contributed by atoms with Crippen LogP contribution in [-0.4, -0.2) is 17.0 Å². The van der Waals surface area contributed by atoms with Gasteiger partial charge < -0.3 is 10.6 Å². The highest BCUT2D eigenvalue weighted by molar-refractivity contribution is 9.10. The number of anilines is 2. The first-order valence-electron chi connectivity index (χ1n) is 5.21. The van der Waals surface area contributed by atoms with Crippen LogP contribution in [0.15, 0.2) is 28.2 Å². The number of rotatable bonds is 4. The first-order chi connectivity index (χ1) is 8.20. The molecule has 0 saturated carbocycles. The number of aromatic nitrogens is 2. The molecular weight excluding hydrogens is 300 g/mol. The highest BCUT2D eigenvalue weighted by Gasteiger charge is 2.10. The van der Waals surface area contributed by atoms with Gasteiger partial charge >= 0.3 is 0 Å². The van der Waals surface area contributed by atoms with Gasteiger partial charge in [-0.3, -0.25) is 0 Å². The van der Waals surface area contributed by atoms with E-state index in [4.69, 9.17) is 0 Å². The van der Waals surface area contributed by atoms with Gasteiger partial charge in [-0.25, -0.2) is 4.98 Å². The Morgan fingerprint density at radius 2 is 2.29 bits per heavy atom. The Balaban J connectivity index is 2.18. The standard InChI is InChI=1S/C11H13BrN4S/c1-7(9-4-3-5-17-9)15-10-8(12)6-14-11(13-2)16-10/h3-7H,1-2H3,(H2,13,14,15,16). The molecule has 2 aromatic heterocycles. The summed E-state index contributed by atoms with van der Waals surface area (Å²) in [6.07, 6.45) is 1.74. The third-order valence-corrected chi connectivity index (χ3v) is 3.93. The van der Waals surface area contributed by atoms with E-state index in [-0.39, 0.29) is 6.04 Å². The van der Waals surface area contributed by atoms with Gasteiger partial charge in [0.1, 0.15) is 5.82 Å². The molecule has 2 aromatic rings. The van der Waals surface area contributed by atoms with Gasteiger partial charge in [0.15, 0.2) is 0 Å². The molecule has 17 heavy (non-hydrogen) atoms. The molecule has 6 heteroatoms. The average Bonchev–Trinajstić information content (AvgIpc) is 2.85. The summed E-state index contributed by atoms with van der Waals surface area (Å²) >= 11 is 5.17. The molecule has 0 amide bonds. The Bertz CT molecular complexity index is 486. The van der Waals surface area contributed by atoms with Gasteiger partial charge in [0.2, 0.25) is 5.95 Å². The molecule has 0 aliphatic rings. The molecule has 0 fully saturated rings. The third-order valence-electron chi connectivity index (χ3n) is 2.29. The van der Waals surface area contributed by atoms with Gasteiger partial charge in [-0.2, -0.15) is 4.98 Å². The lowest BCUT2D eigenvalue weighted by Crippen LogP contribution is -2.08. The maximum atomic E-state index is 4.37. The van der Waals surface area contributed by atoms with E-state index in [1.165, 1.54) is 4.88 Å². The van der Waals surface area contributed by atoms with Crippen molar-refractivity contribution in [2.75, 3.05) is 17.7 Å². The summed E-state index contributed by atoms with van der Waals surface area (Å²) in [6, 6.07) is 4.38. The van der Waals surface area contributed by atoms with E-state index in [2.05, 4.69) is 54.9 Å². The summed E-state index contributed by atoms with van der Waals surface area (Å²) in [5, 5.41) is 8.35. The summed E-state index contributed by atoms with van der Waals surface area (Å²) in [6.45, 7) is 2.11. The monoisotopic (exact) mass is 312 g/mol. The van der Waals surface area contributed by atoms with Gasteiger partial charge in [0, 0.05) is 18.1 Å². The number of thiophene rings is 1. The van der Waals surface area contributed by atoms with E-state index in [0.717, 1.165) is 10.3 Å². The zero-order valence-corrected chi connectivity index (χ0v) is 12.0. The Labute approximate surface area is 113 Å². The Hall–Kier alpha value is -1.14. The maximum absolute atomic E-state index is 4.37. The maximum Gasteiger partial charge on any atom is 0.224 e. The number of hydrogen-bond donors (Lipinski definition) is 2. The number of nitrogens with zero attached hydrogens (tertiary/aromatic N) is 2. The van der Waals surface area contributed by atoms with Crippen molar-refractivity contribution in [2.24, 2.45) is 0 Å². The minimum atomic E-state index is 0.228. The van der Waals surface area contributed by atoms with Crippen molar-refractivity contribution in [1.82, 2.24) is 9.97 Å². The topological polar surface area (TPSA) is 49.8 Å². The summed E-state index contributed by atoms with van der Waals surface area (Å²) in [5.41, 5.74) is 0. The fourth-order valence-corrected chi connectivity index (χ4v) is 2.44. The molecule has 0 aliphatic heterocycles. The van der Waals surface area contributed by atoms with Crippen LogP contribution < -0.4 is 10.6 Å². The zero-order chi connectivity index (χ0) is 12.3. The van der Waals surface area contributed by atoms with E-state index in [1.807, 2.05) is 6.07 Å². The molecule has 0 saturated heterocycles. The molecule has 4 nitrogen and oxygen atoms in total. The van der Waals surface area contributed by atoms with Gasteiger partial charge in [0.25, 0.3) is 0 Å². The fraction of sp³-hybridized carbons (Fsp3) is 0.273. The van der Waals surface area contributed by atoms with Gasteiger partial charge in [-0.1, -0.05) is 6.07 Å². The fourth-order valence-electron chi connectivity index (χ4n) is 1.40. The average molecular weight is 313 g/mol. The highest BCUT2D eigenvalue weighted by atomic mass is 79.9. The first kappa shape index (κ1) is 12.3. The van der Waals surface area contributed by atoms with Gasteiger partial charge in [-0.15, -0.1) is 11.3 Å². The molecular formula is C11H13BrN4S. The van der Waals surface area contributed by atoms with Crippen LogP contribution >= 0.6 is 27.3 Å². The van der Waals surface area contributed by atoms with E-state index in [0.29, 0.717) is 5.95 Å². The molecule has 2 heterocycles. The predicted molar refractivity (Wildman–Crippen MR) is 75.6 cm³/mol. The van der Waals surface area contributed by atoms with Crippen molar-refractivity contribution in [1.29, 1.82) is 0 Å². The highest BCUT2D eigenvalue weighted by Crippen LogP contribution is 2.26. The summed E-state index contributed by atoms with van der Waals surface area (Å²) < 4.78 is 0.861. The van der Waals surface area contributed by atoms with Crippen LogP contribution in [0.3, 0.4) is 0 Å². The quantitative estimate of drug-likeness (QED) is 0.907. The molecule has 0 bridgehead atoms. The smallest absolute Gasteiger partial charge is 0.224 e. The number of hydrogen-bond acceptors (Lipinski definition) is 5. The van der Waals surface area contributed by atoms with Crippen molar-refractivity contribution in [3.63, 3.8) is 0 Å². The van der Waals surface area contributed by atoms with Crippen LogP contribution in [-0.2, 0) is 0 Å². The van der Waals surface area contributed by atoms with Crippen LogP contribution in [0, 0.1) is 0 Å². The van der Waals surface area contributed by atoms with Crippen molar-refractivity contribution in [3.8, 4) is 0 Å². The van der Waals surface area contributed by atoms with Crippen LogP contribution in [0.1, 0.15) is 17.8 Å². The summed E-state index contributed by atoms with van der Waals surface area (Å²) in [7, 11) is 1.80. The van der Waals surface area contributed by atoms with E-state index in [1.54, 1.807) is 24.6 Å². The van der Waals surface area contributed by atoms with Crippen LogP contribution in [0.4, 0.5) is 11.8 Å². The minimum Gasteiger partial charge on any atom is -0.362 e. The molecule has 2 N–H and O–H groups in total. The van der Waals surface area contributed by atoms with E-state index >= 15 is 0 Å². The minimum absolute atomic E-state index is 0.228. The lowest BCUT2D eigenvalue weighted by molar-refractivity contribution is 0.891. The molecule has 0 radical (unpaired) electrons. The summed E-state index contributed by atoms with van der Waals surface area (Å²) in [4.78, 5) is 9.77. The lowest BCUT2D eigenvalue weighted by atomic mass is 10.3. The normalized spacial score (nSPS) is 12.2. The van der Waals surface area contributed by atoms with Crippen LogP contribution in [0.2, 0.25) is 0 Å². The SMILES string of the molecule is CNc1ncc(Br)c(NC(C)c2cccs2)n1. The predicted octanol–water partition coefficient (Wildman–Crippen LogP) is 3.52.